The molecule has 2 aliphatic rings. The van der Waals surface area contributed by atoms with Crippen LogP contribution in [0.5, 0.6) is 0 Å². The molecule has 156 valence electrons. The van der Waals surface area contributed by atoms with E-state index in [0.29, 0.717) is 32.6 Å². The number of carbonyl (C=O) groups is 1. The molecule has 10 heteroatoms. The zero-order valence-corrected chi connectivity index (χ0v) is 18.7. The van der Waals surface area contributed by atoms with Crippen LogP contribution in [0, 0.1) is 0 Å². The quantitative estimate of drug-likeness (QED) is 0.699. The van der Waals surface area contributed by atoms with Crippen LogP contribution in [0.1, 0.15) is 28.6 Å². The molecular formula is C19H24N4O3S3. The molecule has 1 atom stereocenters. The summed E-state index contributed by atoms with van der Waals surface area (Å²) in [6, 6.07) is 8.02. The summed E-state index contributed by atoms with van der Waals surface area (Å²) in [6.45, 7) is 2.44. The first-order valence-corrected chi connectivity index (χ1v) is 13.2. The Morgan fingerprint density at radius 1 is 1.14 bits per heavy atom. The van der Waals surface area contributed by atoms with Crippen LogP contribution in [-0.2, 0) is 14.8 Å². The number of thiophene rings is 2. The van der Waals surface area contributed by atoms with Crippen molar-refractivity contribution in [3.63, 3.8) is 0 Å². The molecule has 7 nitrogen and oxygen atoms in total. The van der Waals surface area contributed by atoms with Crippen molar-refractivity contribution >= 4 is 44.3 Å². The van der Waals surface area contributed by atoms with E-state index in [-0.39, 0.29) is 18.5 Å². The Morgan fingerprint density at radius 3 is 2.62 bits per heavy atom. The van der Waals surface area contributed by atoms with Crippen LogP contribution in [0.2, 0.25) is 0 Å². The molecule has 4 heterocycles. The van der Waals surface area contributed by atoms with Gasteiger partial charge in [0.1, 0.15) is 0 Å². The van der Waals surface area contributed by atoms with Gasteiger partial charge in [0.15, 0.2) is 0 Å². The van der Waals surface area contributed by atoms with Gasteiger partial charge >= 0.3 is 0 Å². The number of nitrogens with zero attached hydrogens (tertiary/aromatic N) is 4. The first-order chi connectivity index (χ1) is 13.9. The first-order valence-electron chi connectivity index (χ1n) is 9.56. The van der Waals surface area contributed by atoms with Gasteiger partial charge in [-0.3, -0.25) is 9.69 Å². The number of hydrogen-bond donors (Lipinski definition) is 0. The lowest BCUT2D eigenvalue weighted by atomic mass is 10.1. The van der Waals surface area contributed by atoms with Gasteiger partial charge in [0, 0.05) is 30.9 Å². The molecule has 1 saturated heterocycles. The Bertz CT molecular complexity index is 971. The number of hydrazone groups is 1. The molecule has 0 radical (unpaired) electrons. The molecule has 0 aliphatic carbocycles. The summed E-state index contributed by atoms with van der Waals surface area (Å²) in [7, 11) is -3.20. The van der Waals surface area contributed by atoms with E-state index in [4.69, 9.17) is 5.10 Å². The van der Waals surface area contributed by atoms with Crippen LogP contribution in [-0.4, -0.2) is 73.2 Å². The molecule has 1 unspecified atom stereocenters. The van der Waals surface area contributed by atoms with Crippen molar-refractivity contribution in [1.29, 1.82) is 0 Å². The predicted octanol–water partition coefficient (Wildman–Crippen LogP) is 2.45. The van der Waals surface area contributed by atoms with Gasteiger partial charge in [0.2, 0.25) is 10.0 Å². The minimum atomic E-state index is -3.20. The van der Waals surface area contributed by atoms with E-state index in [0.717, 1.165) is 21.9 Å². The largest absolute Gasteiger partial charge is 0.293 e. The number of sulfonamides is 1. The highest BCUT2D eigenvalue weighted by molar-refractivity contribution is 7.88. The topological polar surface area (TPSA) is 73.3 Å². The Morgan fingerprint density at radius 2 is 1.93 bits per heavy atom. The van der Waals surface area contributed by atoms with E-state index in [1.807, 2.05) is 33.9 Å². The molecule has 0 saturated carbocycles. The summed E-state index contributed by atoms with van der Waals surface area (Å²) >= 11 is 3.28. The minimum Gasteiger partial charge on any atom is -0.293 e. The molecule has 0 bridgehead atoms. The third-order valence-electron chi connectivity index (χ3n) is 5.22. The van der Waals surface area contributed by atoms with Crippen molar-refractivity contribution in [3.8, 4) is 0 Å². The van der Waals surface area contributed by atoms with E-state index in [2.05, 4.69) is 6.07 Å². The highest BCUT2D eigenvalue weighted by atomic mass is 32.2. The van der Waals surface area contributed by atoms with Crippen LogP contribution in [0.25, 0.3) is 0 Å². The van der Waals surface area contributed by atoms with E-state index in [1.165, 1.54) is 10.6 Å². The second kappa shape index (κ2) is 8.65. The summed E-state index contributed by atoms with van der Waals surface area (Å²) in [5.41, 5.74) is 0.950. The third kappa shape index (κ3) is 4.77. The van der Waals surface area contributed by atoms with Crippen LogP contribution >= 0.6 is 22.7 Å². The van der Waals surface area contributed by atoms with Crippen molar-refractivity contribution in [2.45, 2.75) is 18.9 Å². The summed E-state index contributed by atoms with van der Waals surface area (Å²) in [6.07, 6.45) is 2.68. The second-order valence-corrected chi connectivity index (χ2v) is 11.2. The van der Waals surface area contributed by atoms with Crippen LogP contribution in [0.4, 0.5) is 0 Å². The van der Waals surface area contributed by atoms with E-state index in [9.17, 15) is 13.2 Å². The zero-order chi connectivity index (χ0) is 20.4. The Labute approximate surface area is 179 Å². The normalized spacial score (nSPS) is 21.9. The highest BCUT2D eigenvalue weighted by Crippen LogP contribution is 2.36. The standard InChI is InChI=1S/C19H24N4O3S3/c1-29(25,26)22-8-4-7-21(9-10-22)14-19(24)23-16(18-6-3-12-28-18)13-15(20-23)17-5-2-11-27-17/h2-3,5-6,11-12,16H,4,7-10,13-14H2,1H3. The van der Waals surface area contributed by atoms with Crippen molar-refractivity contribution < 1.29 is 13.2 Å². The van der Waals surface area contributed by atoms with Crippen molar-refractivity contribution in [2.75, 3.05) is 39.0 Å². The average Bonchev–Trinajstić information content (AvgIpc) is 3.40. The van der Waals surface area contributed by atoms with Gasteiger partial charge in [-0.25, -0.2) is 17.7 Å². The summed E-state index contributed by atoms with van der Waals surface area (Å²) in [4.78, 5) is 17.4. The van der Waals surface area contributed by atoms with Gasteiger partial charge in [-0.1, -0.05) is 12.1 Å². The molecule has 1 amide bonds. The Kier molecular flexibility index (Phi) is 6.16. The average molecular weight is 453 g/mol. The van der Waals surface area contributed by atoms with E-state index < -0.39 is 10.0 Å². The van der Waals surface area contributed by atoms with E-state index >= 15 is 0 Å². The van der Waals surface area contributed by atoms with Gasteiger partial charge in [0.05, 0.1) is 29.4 Å². The fourth-order valence-electron chi connectivity index (χ4n) is 3.74. The fourth-order valence-corrected chi connectivity index (χ4v) is 6.14. The lowest BCUT2D eigenvalue weighted by molar-refractivity contribution is -0.134. The van der Waals surface area contributed by atoms with Gasteiger partial charge in [-0.15, -0.1) is 22.7 Å². The first kappa shape index (κ1) is 20.7. The summed E-state index contributed by atoms with van der Waals surface area (Å²) in [5, 5.41) is 10.4. The Balaban J connectivity index is 1.48. The van der Waals surface area contributed by atoms with Crippen LogP contribution in [0.15, 0.2) is 40.1 Å². The number of hydrogen-bond acceptors (Lipinski definition) is 7. The van der Waals surface area contributed by atoms with Crippen molar-refractivity contribution in [3.05, 3.63) is 44.8 Å². The minimum absolute atomic E-state index is 0.0391. The molecule has 29 heavy (non-hydrogen) atoms. The molecule has 0 aromatic carbocycles. The molecule has 0 spiro atoms. The van der Waals surface area contributed by atoms with Gasteiger partial charge < -0.3 is 0 Å². The molecule has 0 N–H and O–H groups in total. The second-order valence-electron chi connectivity index (χ2n) is 7.29. The third-order valence-corrected chi connectivity index (χ3v) is 8.41. The Hall–Kier alpha value is -1.59. The predicted molar refractivity (Wildman–Crippen MR) is 117 cm³/mol. The number of amides is 1. The maximum Gasteiger partial charge on any atom is 0.257 e. The summed E-state index contributed by atoms with van der Waals surface area (Å²) < 4.78 is 25.1. The molecule has 2 aromatic rings. The highest BCUT2D eigenvalue weighted by Gasteiger charge is 2.35. The smallest absolute Gasteiger partial charge is 0.257 e. The SMILES string of the molecule is CS(=O)(=O)N1CCCN(CC(=O)N2N=C(c3cccs3)CC2c2cccs2)CC1. The molecule has 1 fully saturated rings. The maximum absolute atomic E-state index is 13.2. The lowest BCUT2D eigenvalue weighted by Gasteiger charge is -2.25. The van der Waals surface area contributed by atoms with Crippen LogP contribution in [0.3, 0.4) is 0 Å². The number of carbonyl (C=O) groups excluding carboxylic acids is 1. The van der Waals surface area contributed by atoms with Gasteiger partial charge in [0.25, 0.3) is 5.91 Å². The molecule has 2 aromatic heterocycles. The summed E-state index contributed by atoms with van der Waals surface area (Å²) in [5.74, 6) is -0.0391. The van der Waals surface area contributed by atoms with Crippen LogP contribution < -0.4 is 0 Å². The zero-order valence-electron chi connectivity index (χ0n) is 16.2. The van der Waals surface area contributed by atoms with Crippen molar-refractivity contribution in [1.82, 2.24) is 14.2 Å². The molecule has 2 aliphatic heterocycles. The van der Waals surface area contributed by atoms with Crippen molar-refractivity contribution in [2.24, 2.45) is 5.10 Å². The number of rotatable bonds is 5. The van der Waals surface area contributed by atoms with Gasteiger partial charge in [-0.05, 0) is 35.9 Å². The lowest BCUT2D eigenvalue weighted by Crippen LogP contribution is -2.40. The molecular weight excluding hydrogens is 428 g/mol. The van der Waals surface area contributed by atoms with E-state index in [1.54, 1.807) is 27.7 Å². The monoisotopic (exact) mass is 452 g/mol. The molecule has 4 rings (SSSR count). The maximum atomic E-state index is 13.2. The fraction of sp³-hybridized carbons (Fsp3) is 0.474. The van der Waals surface area contributed by atoms with Gasteiger partial charge in [-0.2, -0.15) is 5.10 Å².